The number of ether oxygens (including phenoxy) is 3. The van der Waals surface area contributed by atoms with Crippen molar-refractivity contribution >= 4 is 11.3 Å². The lowest BCUT2D eigenvalue weighted by molar-refractivity contribution is 0.110. The molecule has 34 heavy (non-hydrogen) atoms. The number of anilines is 1. The van der Waals surface area contributed by atoms with E-state index in [0.29, 0.717) is 19.8 Å². The van der Waals surface area contributed by atoms with Crippen LogP contribution >= 0.6 is 0 Å². The number of hydrogen-bond acceptors (Lipinski definition) is 5. The average Bonchev–Trinajstić information content (AvgIpc) is 3.18. The molecular formula is C28H39N3O3. The van der Waals surface area contributed by atoms with Crippen molar-refractivity contribution in [2.45, 2.75) is 59.7 Å². The molecule has 0 bridgehead atoms. The first kappa shape index (κ1) is 24.7. The van der Waals surface area contributed by atoms with E-state index in [9.17, 15) is 0 Å². The van der Waals surface area contributed by atoms with E-state index in [4.69, 9.17) is 19.3 Å². The van der Waals surface area contributed by atoms with Gasteiger partial charge in [-0.15, -0.1) is 0 Å². The molecule has 6 heteroatoms. The van der Waals surface area contributed by atoms with E-state index in [0.717, 1.165) is 69.9 Å². The van der Waals surface area contributed by atoms with Crippen molar-refractivity contribution in [1.82, 2.24) is 9.61 Å². The third kappa shape index (κ3) is 5.45. The number of benzene rings is 1. The van der Waals surface area contributed by atoms with Gasteiger partial charge in [0.15, 0.2) is 0 Å². The third-order valence-electron chi connectivity index (χ3n) is 6.44. The molecule has 0 spiro atoms. The number of nitrogens with zero attached hydrogens (tertiary/aromatic N) is 3. The highest BCUT2D eigenvalue weighted by atomic mass is 16.5. The molecular weight excluding hydrogens is 426 g/mol. The first-order valence-corrected chi connectivity index (χ1v) is 12.9. The monoisotopic (exact) mass is 465 g/mol. The predicted octanol–water partition coefficient (Wildman–Crippen LogP) is 5.64. The minimum absolute atomic E-state index is 0.564. The van der Waals surface area contributed by atoms with Crippen molar-refractivity contribution < 1.29 is 14.2 Å². The second-order valence-electron chi connectivity index (χ2n) is 8.84. The Morgan fingerprint density at radius 1 is 0.941 bits per heavy atom. The molecule has 1 aromatic carbocycles. The summed E-state index contributed by atoms with van der Waals surface area (Å²) in [6.45, 7) is 12.3. The van der Waals surface area contributed by atoms with Crippen molar-refractivity contribution in [1.29, 1.82) is 0 Å². The highest BCUT2D eigenvalue weighted by Gasteiger charge is 2.24. The normalized spacial score (nSPS) is 14.3. The van der Waals surface area contributed by atoms with Crippen molar-refractivity contribution in [3.8, 4) is 11.1 Å². The maximum Gasteiger partial charge on any atom is 0.150 e. The van der Waals surface area contributed by atoms with Gasteiger partial charge in [0.2, 0.25) is 0 Å². The molecule has 184 valence electrons. The Morgan fingerprint density at radius 2 is 1.71 bits per heavy atom. The Kier molecular flexibility index (Phi) is 8.97. The Hall–Kier alpha value is -2.41. The second kappa shape index (κ2) is 12.3. The molecule has 1 saturated heterocycles. The van der Waals surface area contributed by atoms with Crippen LogP contribution in [0.3, 0.4) is 0 Å². The number of unbranched alkanes of at least 4 members (excludes halogenated alkanes) is 1. The maximum atomic E-state index is 6.17. The number of rotatable bonds is 12. The van der Waals surface area contributed by atoms with Crippen LogP contribution in [0.4, 0.5) is 5.82 Å². The van der Waals surface area contributed by atoms with Crippen LogP contribution in [0.5, 0.6) is 0 Å². The van der Waals surface area contributed by atoms with E-state index in [1.165, 1.54) is 27.9 Å². The van der Waals surface area contributed by atoms with Gasteiger partial charge in [-0.2, -0.15) is 5.10 Å². The highest BCUT2D eigenvalue weighted by Crippen LogP contribution is 2.36. The molecule has 0 saturated carbocycles. The van der Waals surface area contributed by atoms with Crippen LogP contribution in [-0.2, 0) is 33.8 Å². The quantitative estimate of drug-likeness (QED) is 0.324. The molecule has 0 unspecified atom stereocenters. The molecule has 0 N–H and O–H groups in total. The predicted molar refractivity (Wildman–Crippen MR) is 138 cm³/mol. The molecule has 1 aliphatic rings. The van der Waals surface area contributed by atoms with Gasteiger partial charge in [0.1, 0.15) is 5.82 Å². The van der Waals surface area contributed by atoms with Gasteiger partial charge < -0.3 is 19.1 Å². The Morgan fingerprint density at radius 3 is 2.41 bits per heavy atom. The van der Waals surface area contributed by atoms with E-state index in [-0.39, 0.29) is 0 Å². The topological polar surface area (TPSA) is 48.2 Å². The summed E-state index contributed by atoms with van der Waals surface area (Å²) in [6, 6.07) is 12.9. The lowest BCUT2D eigenvalue weighted by atomic mass is 10.0. The zero-order chi connectivity index (χ0) is 23.8. The number of morpholine rings is 1. The molecule has 3 aromatic rings. The Balaban J connectivity index is 1.93. The molecule has 2 aromatic heterocycles. The summed E-state index contributed by atoms with van der Waals surface area (Å²) in [5, 5.41) is 5.21. The standard InChI is InChI=1S/C28H39N3O3/c1-4-7-16-34-20-24-25(21-32-6-3)28-23(22-12-9-8-10-13-22)19-27(30-14-17-33-18-15-30)29-31(28)26(24)11-5-2/h8-10,12-13,19H,4-7,11,14-18,20-21H2,1-3H3. The van der Waals surface area contributed by atoms with Crippen LogP contribution in [0.1, 0.15) is 56.9 Å². The van der Waals surface area contributed by atoms with Gasteiger partial charge in [-0.1, -0.05) is 57.0 Å². The molecule has 6 nitrogen and oxygen atoms in total. The van der Waals surface area contributed by atoms with Crippen LogP contribution in [0.25, 0.3) is 16.6 Å². The largest absolute Gasteiger partial charge is 0.378 e. The van der Waals surface area contributed by atoms with Gasteiger partial charge in [0, 0.05) is 48.7 Å². The highest BCUT2D eigenvalue weighted by molar-refractivity contribution is 5.86. The van der Waals surface area contributed by atoms with E-state index >= 15 is 0 Å². The summed E-state index contributed by atoms with van der Waals surface area (Å²) in [7, 11) is 0. The summed E-state index contributed by atoms with van der Waals surface area (Å²) in [5.41, 5.74) is 7.24. The van der Waals surface area contributed by atoms with Gasteiger partial charge in [-0.25, -0.2) is 4.52 Å². The lowest BCUT2D eigenvalue weighted by Crippen LogP contribution is -2.37. The number of aromatic nitrogens is 2. The first-order valence-electron chi connectivity index (χ1n) is 12.9. The summed E-state index contributed by atoms with van der Waals surface area (Å²) >= 11 is 0. The SMILES string of the molecule is CCCCOCc1c(COCC)c2c(-c3ccccc3)cc(N3CCOCC3)nn2c1CCC. The third-order valence-corrected chi connectivity index (χ3v) is 6.44. The fraction of sp³-hybridized carbons (Fsp3) is 0.536. The van der Waals surface area contributed by atoms with Gasteiger partial charge in [-0.05, 0) is 31.4 Å². The number of fused-ring (bicyclic) bond motifs is 1. The second-order valence-corrected chi connectivity index (χ2v) is 8.84. The smallest absolute Gasteiger partial charge is 0.150 e. The van der Waals surface area contributed by atoms with Crippen LogP contribution < -0.4 is 4.90 Å². The van der Waals surface area contributed by atoms with Gasteiger partial charge >= 0.3 is 0 Å². The summed E-state index contributed by atoms with van der Waals surface area (Å²) in [6.07, 6.45) is 4.21. The molecule has 1 fully saturated rings. The average molecular weight is 466 g/mol. The van der Waals surface area contributed by atoms with E-state index in [2.05, 4.69) is 66.6 Å². The van der Waals surface area contributed by atoms with E-state index < -0.39 is 0 Å². The van der Waals surface area contributed by atoms with Crippen LogP contribution in [-0.4, -0.2) is 49.1 Å². The minimum atomic E-state index is 0.564. The summed E-state index contributed by atoms with van der Waals surface area (Å²) in [4.78, 5) is 2.34. The number of hydrogen-bond donors (Lipinski definition) is 0. The van der Waals surface area contributed by atoms with Gasteiger partial charge in [-0.3, -0.25) is 0 Å². The van der Waals surface area contributed by atoms with Gasteiger partial charge in [0.25, 0.3) is 0 Å². The fourth-order valence-electron chi connectivity index (χ4n) is 4.65. The number of aryl methyl sites for hydroxylation is 1. The maximum absolute atomic E-state index is 6.17. The van der Waals surface area contributed by atoms with Crippen molar-refractivity contribution in [2.24, 2.45) is 0 Å². The molecule has 0 amide bonds. The van der Waals surface area contributed by atoms with E-state index in [1.54, 1.807) is 0 Å². The molecule has 3 heterocycles. The van der Waals surface area contributed by atoms with Crippen molar-refractivity contribution in [3.63, 3.8) is 0 Å². The molecule has 4 rings (SSSR count). The first-order chi connectivity index (χ1) is 16.8. The van der Waals surface area contributed by atoms with E-state index in [1.807, 2.05) is 0 Å². The van der Waals surface area contributed by atoms with Crippen LogP contribution in [0.2, 0.25) is 0 Å². The fourth-order valence-corrected chi connectivity index (χ4v) is 4.65. The zero-order valence-corrected chi connectivity index (χ0v) is 21.0. The summed E-state index contributed by atoms with van der Waals surface area (Å²) in [5.74, 6) is 1.00. The Labute approximate surface area is 203 Å². The summed E-state index contributed by atoms with van der Waals surface area (Å²) < 4.78 is 20.0. The Bertz CT molecular complexity index is 1040. The van der Waals surface area contributed by atoms with Crippen molar-refractivity contribution in [2.75, 3.05) is 44.4 Å². The van der Waals surface area contributed by atoms with Crippen LogP contribution in [0, 0.1) is 0 Å². The van der Waals surface area contributed by atoms with Crippen LogP contribution in [0.15, 0.2) is 36.4 Å². The van der Waals surface area contributed by atoms with Crippen molar-refractivity contribution in [3.05, 3.63) is 53.2 Å². The minimum Gasteiger partial charge on any atom is -0.378 e. The molecule has 0 atom stereocenters. The molecule has 0 radical (unpaired) electrons. The van der Waals surface area contributed by atoms with Gasteiger partial charge in [0.05, 0.1) is 31.9 Å². The zero-order valence-electron chi connectivity index (χ0n) is 21.0. The molecule has 1 aliphatic heterocycles. The molecule has 0 aliphatic carbocycles. The lowest BCUT2D eigenvalue weighted by Gasteiger charge is -2.28.